The highest BCUT2D eigenvalue weighted by Gasteiger charge is 2.09. The largest absolute Gasteiger partial charge is 0.488 e. The van der Waals surface area contributed by atoms with Crippen LogP contribution in [0.15, 0.2) is 24.3 Å². The molecule has 0 aliphatic rings. The summed E-state index contributed by atoms with van der Waals surface area (Å²) in [5.74, 6) is 0.0855. The van der Waals surface area contributed by atoms with Crippen molar-refractivity contribution in [3.05, 3.63) is 29.8 Å². The SMILES string of the molecule is CCOC(COc1cccc(C(N)=O)c1)OCC. The van der Waals surface area contributed by atoms with Crippen LogP contribution in [0.4, 0.5) is 0 Å². The molecule has 0 saturated heterocycles. The quantitative estimate of drug-likeness (QED) is 0.714. The minimum absolute atomic E-state index is 0.268. The predicted molar refractivity (Wildman–Crippen MR) is 67.5 cm³/mol. The van der Waals surface area contributed by atoms with Crippen LogP contribution >= 0.6 is 0 Å². The summed E-state index contributed by atoms with van der Waals surface area (Å²) in [4.78, 5) is 11.0. The fraction of sp³-hybridized carbons (Fsp3) is 0.462. The number of hydrogen-bond acceptors (Lipinski definition) is 4. The van der Waals surface area contributed by atoms with Crippen molar-refractivity contribution in [1.82, 2.24) is 0 Å². The van der Waals surface area contributed by atoms with Crippen molar-refractivity contribution in [2.75, 3.05) is 19.8 Å². The summed E-state index contributed by atoms with van der Waals surface area (Å²) >= 11 is 0. The summed E-state index contributed by atoms with van der Waals surface area (Å²) in [6, 6.07) is 6.70. The molecule has 0 aromatic heterocycles. The summed E-state index contributed by atoms with van der Waals surface area (Å²) in [7, 11) is 0. The second-order valence-electron chi connectivity index (χ2n) is 3.54. The second-order valence-corrected chi connectivity index (χ2v) is 3.54. The molecular formula is C13H19NO4. The molecule has 0 fully saturated rings. The molecule has 0 atom stereocenters. The van der Waals surface area contributed by atoms with Crippen LogP contribution in [0.5, 0.6) is 5.75 Å². The van der Waals surface area contributed by atoms with E-state index in [0.29, 0.717) is 24.5 Å². The molecule has 18 heavy (non-hydrogen) atoms. The highest BCUT2D eigenvalue weighted by Crippen LogP contribution is 2.13. The first-order valence-corrected chi connectivity index (χ1v) is 5.93. The second kappa shape index (κ2) is 7.68. The lowest BCUT2D eigenvalue weighted by Gasteiger charge is -2.17. The maximum absolute atomic E-state index is 11.0. The predicted octanol–water partition coefficient (Wildman–Crippen LogP) is 1.56. The molecule has 0 bridgehead atoms. The zero-order valence-corrected chi connectivity index (χ0v) is 10.7. The topological polar surface area (TPSA) is 70.8 Å². The van der Waals surface area contributed by atoms with Crippen LogP contribution in [0.25, 0.3) is 0 Å². The van der Waals surface area contributed by atoms with Gasteiger partial charge in [0.2, 0.25) is 5.91 Å². The van der Waals surface area contributed by atoms with E-state index in [-0.39, 0.29) is 6.61 Å². The molecule has 2 N–H and O–H groups in total. The third-order valence-electron chi connectivity index (χ3n) is 2.21. The molecule has 100 valence electrons. The molecule has 1 amide bonds. The van der Waals surface area contributed by atoms with Gasteiger partial charge in [-0.1, -0.05) is 6.07 Å². The highest BCUT2D eigenvalue weighted by atomic mass is 16.7. The van der Waals surface area contributed by atoms with Gasteiger partial charge in [0.15, 0.2) is 6.29 Å². The molecule has 0 saturated carbocycles. The average Bonchev–Trinajstić information content (AvgIpc) is 2.37. The number of nitrogens with two attached hydrogens (primary N) is 1. The summed E-state index contributed by atoms with van der Waals surface area (Å²) in [6.45, 7) is 5.15. The van der Waals surface area contributed by atoms with Crippen molar-refractivity contribution in [1.29, 1.82) is 0 Å². The number of hydrogen-bond donors (Lipinski definition) is 1. The Morgan fingerprint density at radius 2 is 1.94 bits per heavy atom. The summed E-state index contributed by atoms with van der Waals surface area (Å²) in [6.07, 6.45) is -0.405. The zero-order valence-electron chi connectivity index (χ0n) is 10.7. The lowest BCUT2D eigenvalue weighted by molar-refractivity contribution is -0.152. The first-order chi connectivity index (χ1) is 8.67. The molecule has 0 heterocycles. The third kappa shape index (κ3) is 4.73. The molecule has 5 nitrogen and oxygen atoms in total. The van der Waals surface area contributed by atoms with Gasteiger partial charge in [0.1, 0.15) is 12.4 Å². The fourth-order valence-corrected chi connectivity index (χ4v) is 1.42. The van der Waals surface area contributed by atoms with Crippen LogP contribution in [-0.4, -0.2) is 32.0 Å². The van der Waals surface area contributed by atoms with Crippen molar-refractivity contribution in [3.8, 4) is 5.75 Å². The molecular weight excluding hydrogens is 234 g/mol. The first kappa shape index (κ1) is 14.5. The standard InChI is InChI=1S/C13H19NO4/c1-3-16-12(17-4-2)9-18-11-7-5-6-10(8-11)13(14)15/h5-8,12H,3-4,9H2,1-2H3,(H2,14,15). The Bertz CT molecular complexity index is 375. The third-order valence-corrected chi connectivity index (χ3v) is 2.21. The van der Waals surface area contributed by atoms with Gasteiger partial charge in [-0.2, -0.15) is 0 Å². The van der Waals surface area contributed by atoms with Gasteiger partial charge in [0.25, 0.3) is 0 Å². The molecule has 0 aliphatic heterocycles. The summed E-state index contributed by atoms with van der Waals surface area (Å²) in [5.41, 5.74) is 5.60. The number of primary amides is 1. The maximum atomic E-state index is 11.0. The van der Waals surface area contributed by atoms with Crippen LogP contribution < -0.4 is 10.5 Å². The van der Waals surface area contributed by atoms with E-state index in [1.54, 1.807) is 24.3 Å². The van der Waals surface area contributed by atoms with Gasteiger partial charge in [0.05, 0.1) is 0 Å². The van der Waals surface area contributed by atoms with E-state index in [1.165, 1.54) is 0 Å². The fourth-order valence-electron chi connectivity index (χ4n) is 1.42. The molecule has 0 unspecified atom stereocenters. The molecule has 0 aliphatic carbocycles. The van der Waals surface area contributed by atoms with Crippen molar-refractivity contribution >= 4 is 5.91 Å². The van der Waals surface area contributed by atoms with Gasteiger partial charge >= 0.3 is 0 Å². The number of benzene rings is 1. The van der Waals surface area contributed by atoms with Crippen molar-refractivity contribution in [2.24, 2.45) is 5.73 Å². The van der Waals surface area contributed by atoms with Gasteiger partial charge in [-0.3, -0.25) is 4.79 Å². The Morgan fingerprint density at radius 3 is 2.50 bits per heavy atom. The van der Waals surface area contributed by atoms with E-state index in [0.717, 1.165) is 0 Å². The minimum atomic E-state index is -0.480. The van der Waals surface area contributed by atoms with E-state index >= 15 is 0 Å². The Labute approximate surface area is 107 Å². The summed E-state index contributed by atoms with van der Waals surface area (Å²) in [5, 5.41) is 0. The Kier molecular flexibility index (Phi) is 6.18. The lowest BCUT2D eigenvalue weighted by Crippen LogP contribution is -2.25. The van der Waals surface area contributed by atoms with E-state index in [1.807, 2.05) is 13.8 Å². The number of amides is 1. The van der Waals surface area contributed by atoms with Gasteiger partial charge in [-0.25, -0.2) is 0 Å². The van der Waals surface area contributed by atoms with Crippen LogP contribution in [0.3, 0.4) is 0 Å². The van der Waals surface area contributed by atoms with Crippen molar-refractivity contribution in [3.63, 3.8) is 0 Å². The molecule has 0 spiro atoms. The van der Waals surface area contributed by atoms with Crippen molar-refractivity contribution < 1.29 is 19.0 Å². The Morgan fingerprint density at radius 1 is 1.28 bits per heavy atom. The Balaban J connectivity index is 2.55. The van der Waals surface area contributed by atoms with Crippen LogP contribution in [0.1, 0.15) is 24.2 Å². The first-order valence-electron chi connectivity index (χ1n) is 5.93. The van der Waals surface area contributed by atoms with Gasteiger partial charge < -0.3 is 19.9 Å². The normalized spacial score (nSPS) is 10.6. The molecule has 5 heteroatoms. The number of carbonyl (C=O) groups excluding carboxylic acids is 1. The smallest absolute Gasteiger partial charge is 0.248 e. The monoisotopic (exact) mass is 253 g/mol. The molecule has 1 aromatic rings. The minimum Gasteiger partial charge on any atom is -0.488 e. The molecule has 0 radical (unpaired) electrons. The van der Waals surface area contributed by atoms with E-state index in [4.69, 9.17) is 19.9 Å². The Hall–Kier alpha value is -1.59. The zero-order chi connectivity index (χ0) is 13.4. The van der Waals surface area contributed by atoms with E-state index in [2.05, 4.69) is 0 Å². The van der Waals surface area contributed by atoms with Gasteiger partial charge in [-0.15, -0.1) is 0 Å². The maximum Gasteiger partial charge on any atom is 0.248 e. The molecule has 1 aromatic carbocycles. The van der Waals surface area contributed by atoms with Gasteiger partial charge in [-0.05, 0) is 32.0 Å². The summed E-state index contributed by atoms with van der Waals surface area (Å²) < 4.78 is 16.2. The van der Waals surface area contributed by atoms with E-state index in [9.17, 15) is 4.79 Å². The number of rotatable bonds is 8. The van der Waals surface area contributed by atoms with Gasteiger partial charge in [0, 0.05) is 18.8 Å². The van der Waals surface area contributed by atoms with E-state index < -0.39 is 12.2 Å². The average molecular weight is 253 g/mol. The highest BCUT2D eigenvalue weighted by molar-refractivity contribution is 5.93. The van der Waals surface area contributed by atoms with Crippen LogP contribution in [-0.2, 0) is 9.47 Å². The number of carbonyl (C=O) groups is 1. The van der Waals surface area contributed by atoms with Crippen LogP contribution in [0, 0.1) is 0 Å². The van der Waals surface area contributed by atoms with Crippen molar-refractivity contribution in [2.45, 2.75) is 20.1 Å². The van der Waals surface area contributed by atoms with Crippen LogP contribution in [0.2, 0.25) is 0 Å². The number of ether oxygens (including phenoxy) is 3. The lowest BCUT2D eigenvalue weighted by atomic mass is 10.2. The molecule has 1 rings (SSSR count).